The Kier molecular flexibility index (Phi) is 6.02. The molecular weight excluding hydrogens is 351 g/mol. The van der Waals surface area contributed by atoms with Crippen LogP contribution < -0.4 is 11.3 Å². The first-order valence-corrected chi connectivity index (χ1v) is 7.66. The van der Waals surface area contributed by atoms with Crippen LogP contribution in [0.5, 0.6) is 0 Å². The number of aromatic amines is 1. The van der Waals surface area contributed by atoms with E-state index in [4.69, 9.17) is 15.6 Å². The van der Waals surface area contributed by atoms with E-state index in [-0.39, 0.29) is 29.2 Å². The van der Waals surface area contributed by atoms with Gasteiger partial charge in [-0.1, -0.05) is 0 Å². The lowest BCUT2D eigenvalue weighted by atomic mass is 9.93. The number of anilines is 1. The van der Waals surface area contributed by atoms with Crippen molar-refractivity contribution in [2.24, 2.45) is 0 Å². The predicted octanol–water partition coefficient (Wildman–Crippen LogP) is 2.71. The van der Waals surface area contributed by atoms with Crippen LogP contribution in [0.25, 0.3) is 22.4 Å². The lowest BCUT2D eigenvalue weighted by Gasteiger charge is -2.14. The average molecular weight is 366 g/mol. The fourth-order valence-corrected chi connectivity index (χ4v) is 2.62. The summed E-state index contributed by atoms with van der Waals surface area (Å²) in [4.78, 5) is 26.5. The van der Waals surface area contributed by atoms with Crippen LogP contribution in [0.15, 0.2) is 47.4 Å². The van der Waals surface area contributed by atoms with Crippen molar-refractivity contribution in [1.29, 1.82) is 5.26 Å². The standard InChI is InChI=1S/C18H13FN4O.CH2O2/c1-10-16(12-4-7-15(24)22-9-12)14(8-20)18(21)23-17(10)11-2-5-13(19)6-3-11;2-1-3/h2-7,9H,1H3,(H2,21,23)(H,22,24);1H,(H,2,3). The van der Waals surface area contributed by atoms with E-state index in [9.17, 15) is 14.4 Å². The number of carbonyl (C=O) groups is 1. The number of nitrogens with zero attached hydrogens (tertiary/aromatic N) is 2. The molecule has 4 N–H and O–H groups in total. The van der Waals surface area contributed by atoms with Crippen LogP contribution in [-0.2, 0) is 4.79 Å². The molecule has 0 radical (unpaired) electrons. The summed E-state index contributed by atoms with van der Waals surface area (Å²) in [5, 5.41) is 16.3. The van der Waals surface area contributed by atoms with Crippen LogP contribution in [0.2, 0.25) is 0 Å². The fraction of sp³-hybridized carbons (Fsp3) is 0.0526. The van der Waals surface area contributed by atoms with Gasteiger partial charge in [-0.3, -0.25) is 9.59 Å². The number of pyridine rings is 2. The summed E-state index contributed by atoms with van der Waals surface area (Å²) in [5.74, 6) is -0.262. The second-order valence-corrected chi connectivity index (χ2v) is 5.39. The van der Waals surface area contributed by atoms with E-state index in [1.165, 1.54) is 24.4 Å². The Hall–Kier alpha value is -3.99. The largest absolute Gasteiger partial charge is 0.483 e. The Morgan fingerprint density at radius 2 is 1.81 bits per heavy atom. The molecule has 0 aliphatic heterocycles. The van der Waals surface area contributed by atoms with Crippen molar-refractivity contribution in [3.05, 3.63) is 69.9 Å². The van der Waals surface area contributed by atoms with Crippen LogP contribution in [0, 0.1) is 24.1 Å². The van der Waals surface area contributed by atoms with Gasteiger partial charge in [-0.15, -0.1) is 0 Å². The van der Waals surface area contributed by atoms with Gasteiger partial charge >= 0.3 is 0 Å². The van der Waals surface area contributed by atoms with Gasteiger partial charge in [0, 0.05) is 23.4 Å². The number of halogens is 1. The number of aromatic nitrogens is 2. The Balaban J connectivity index is 0.000000817. The average Bonchev–Trinajstić information content (AvgIpc) is 2.65. The van der Waals surface area contributed by atoms with E-state index in [0.29, 0.717) is 22.4 Å². The van der Waals surface area contributed by atoms with Crippen molar-refractivity contribution >= 4 is 12.3 Å². The quantitative estimate of drug-likeness (QED) is 0.597. The second kappa shape index (κ2) is 8.40. The normalized spacial score (nSPS) is 9.67. The summed E-state index contributed by atoms with van der Waals surface area (Å²) >= 11 is 0. The number of hydrogen-bond donors (Lipinski definition) is 3. The van der Waals surface area contributed by atoms with Crippen molar-refractivity contribution in [3.8, 4) is 28.5 Å². The minimum absolute atomic E-state index is 0.0867. The van der Waals surface area contributed by atoms with Crippen molar-refractivity contribution < 1.29 is 14.3 Å². The summed E-state index contributed by atoms with van der Waals surface area (Å²) in [7, 11) is 0. The van der Waals surface area contributed by atoms with E-state index >= 15 is 0 Å². The molecule has 3 aromatic rings. The number of nitrogens with two attached hydrogens (primary N) is 1. The first kappa shape index (κ1) is 19.3. The molecule has 0 atom stereocenters. The fourth-order valence-electron chi connectivity index (χ4n) is 2.62. The summed E-state index contributed by atoms with van der Waals surface area (Å²) in [5.41, 5.74) is 9.18. The monoisotopic (exact) mass is 366 g/mol. The Morgan fingerprint density at radius 1 is 1.22 bits per heavy atom. The van der Waals surface area contributed by atoms with E-state index < -0.39 is 0 Å². The van der Waals surface area contributed by atoms with E-state index in [1.807, 2.05) is 6.92 Å². The van der Waals surface area contributed by atoms with Gasteiger partial charge in [0.2, 0.25) is 5.56 Å². The van der Waals surface area contributed by atoms with E-state index in [2.05, 4.69) is 16.0 Å². The highest BCUT2D eigenvalue weighted by Gasteiger charge is 2.18. The van der Waals surface area contributed by atoms with Gasteiger partial charge in [-0.2, -0.15) is 5.26 Å². The first-order chi connectivity index (χ1) is 12.9. The minimum Gasteiger partial charge on any atom is -0.483 e. The van der Waals surface area contributed by atoms with Gasteiger partial charge in [0.15, 0.2) is 0 Å². The zero-order valence-electron chi connectivity index (χ0n) is 14.2. The van der Waals surface area contributed by atoms with Crippen molar-refractivity contribution in [3.63, 3.8) is 0 Å². The zero-order valence-corrected chi connectivity index (χ0v) is 14.2. The summed E-state index contributed by atoms with van der Waals surface area (Å²) in [6.07, 6.45) is 1.53. The molecule has 0 amide bonds. The minimum atomic E-state index is -0.348. The molecule has 27 heavy (non-hydrogen) atoms. The number of hydrogen-bond acceptors (Lipinski definition) is 5. The number of H-pyrrole nitrogens is 1. The number of carboxylic acid groups (broad SMARTS) is 1. The molecule has 0 spiro atoms. The molecule has 0 saturated heterocycles. The Morgan fingerprint density at radius 3 is 2.33 bits per heavy atom. The maximum absolute atomic E-state index is 13.2. The molecule has 0 aliphatic rings. The molecule has 0 fully saturated rings. The molecule has 8 heteroatoms. The molecule has 136 valence electrons. The van der Waals surface area contributed by atoms with Gasteiger partial charge in [-0.25, -0.2) is 9.37 Å². The summed E-state index contributed by atoms with van der Waals surface area (Å²) in [6, 6.07) is 10.9. The van der Waals surface area contributed by atoms with Crippen LogP contribution in [0.4, 0.5) is 10.2 Å². The number of benzene rings is 1. The highest BCUT2D eigenvalue weighted by molar-refractivity contribution is 5.83. The molecule has 0 bridgehead atoms. The van der Waals surface area contributed by atoms with Crippen molar-refractivity contribution in [1.82, 2.24) is 9.97 Å². The molecule has 0 saturated carbocycles. The maximum Gasteiger partial charge on any atom is 0.290 e. The van der Waals surface area contributed by atoms with Crippen LogP contribution >= 0.6 is 0 Å². The van der Waals surface area contributed by atoms with Crippen LogP contribution in [-0.4, -0.2) is 21.5 Å². The lowest BCUT2D eigenvalue weighted by Crippen LogP contribution is -2.06. The highest BCUT2D eigenvalue weighted by atomic mass is 19.1. The van der Waals surface area contributed by atoms with Gasteiger partial charge in [0.25, 0.3) is 6.47 Å². The van der Waals surface area contributed by atoms with Gasteiger partial charge in [0.05, 0.1) is 5.69 Å². The SMILES string of the molecule is Cc1c(-c2ccc(F)cc2)nc(N)c(C#N)c1-c1ccc(=O)[nH]c1.O=CO. The van der Waals surface area contributed by atoms with Crippen LogP contribution in [0.3, 0.4) is 0 Å². The first-order valence-electron chi connectivity index (χ1n) is 7.66. The van der Waals surface area contributed by atoms with Crippen LogP contribution in [0.1, 0.15) is 11.1 Å². The number of nitriles is 1. The van der Waals surface area contributed by atoms with Gasteiger partial charge < -0.3 is 15.8 Å². The number of rotatable bonds is 2. The van der Waals surface area contributed by atoms with Gasteiger partial charge in [-0.05, 0) is 48.4 Å². The molecular formula is C19H15FN4O3. The lowest BCUT2D eigenvalue weighted by molar-refractivity contribution is -0.122. The number of nitrogen functional groups attached to an aromatic ring is 1. The number of nitrogens with one attached hydrogen (secondary N) is 1. The molecule has 2 heterocycles. The van der Waals surface area contributed by atoms with Crippen molar-refractivity contribution in [2.45, 2.75) is 6.92 Å². The molecule has 7 nitrogen and oxygen atoms in total. The summed E-state index contributed by atoms with van der Waals surface area (Å²) < 4.78 is 13.2. The third kappa shape index (κ3) is 4.16. The molecule has 0 aliphatic carbocycles. The van der Waals surface area contributed by atoms with Gasteiger partial charge in [0.1, 0.15) is 23.3 Å². The third-order valence-electron chi connectivity index (χ3n) is 3.77. The second-order valence-electron chi connectivity index (χ2n) is 5.39. The maximum atomic E-state index is 13.2. The molecule has 0 unspecified atom stereocenters. The highest BCUT2D eigenvalue weighted by Crippen LogP contribution is 2.35. The zero-order chi connectivity index (χ0) is 20.0. The van der Waals surface area contributed by atoms with Crippen molar-refractivity contribution in [2.75, 3.05) is 5.73 Å². The van der Waals surface area contributed by atoms with E-state index in [1.54, 1.807) is 18.2 Å². The topological polar surface area (TPSA) is 133 Å². The molecule has 3 rings (SSSR count). The smallest absolute Gasteiger partial charge is 0.290 e. The third-order valence-corrected chi connectivity index (χ3v) is 3.77. The summed E-state index contributed by atoms with van der Waals surface area (Å²) in [6.45, 7) is 1.56. The molecule has 2 aromatic heterocycles. The predicted molar refractivity (Wildman–Crippen MR) is 98.2 cm³/mol. The van der Waals surface area contributed by atoms with E-state index in [0.717, 1.165) is 5.56 Å². The molecule has 1 aromatic carbocycles. The Labute approximate surface area is 153 Å². The Bertz CT molecular complexity index is 1050.